The minimum absolute atomic E-state index is 0.0167. The second-order valence-electron chi connectivity index (χ2n) is 4.11. The number of benzene rings is 1. The summed E-state index contributed by atoms with van der Waals surface area (Å²) in [4.78, 5) is 12.0. The fourth-order valence-corrected chi connectivity index (χ4v) is 2.05. The van der Waals surface area contributed by atoms with Crippen molar-refractivity contribution in [3.05, 3.63) is 27.7 Å². The SMILES string of the molecule is Cc1c(N)cc(Br)cc1C(=O)NCCCOCCO. The zero-order chi connectivity index (χ0) is 14.3. The van der Waals surface area contributed by atoms with Crippen molar-refractivity contribution in [2.45, 2.75) is 13.3 Å². The Kier molecular flexibility index (Phi) is 6.83. The monoisotopic (exact) mass is 330 g/mol. The van der Waals surface area contributed by atoms with Gasteiger partial charge in [-0.3, -0.25) is 4.79 Å². The number of halogens is 1. The number of aliphatic hydroxyl groups is 1. The van der Waals surface area contributed by atoms with Crippen LogP contribution in [0.1, 0.15) is 22.3 Å². The largest absolute Gasteiger partial charge is 0.398 e. The molecule has 0 unspecified atom stereocenters. The van der Waals surface area contributed by atoms with E-state index in [1.165, 1.54) is 0 Å². The molecule has 0 radical (unpaired) electrons. The quantitative estimate of drug-likeness (QED) is 0.522. The summed E-state index contributed by atoms with van der Waals surface area (Å²) in [5.74, 6) is -0.146. The Balaban J connectivity index is 2.46. The number of aliphatic hydroxyl groups excluding tert-OH is 1. The molecule has 0 aromatic heterocycles. The van der Waals surface area contributed by atoms with Gasteiger partial charge in [-0.15, -0.1) is 0 Å². The first kappa shape index (κ1) is 15.9. The van der Waals surface area contributed by atoms with Crippen LogP contribution < -0.4 is 11.1 Å². The molecule has 0 saturated carbocycles. The van der Waals surface area contributed by atoms with Gasteiger partial charge in [0.1, 0.15) is 0 Å². The molecule has 5 nitrogen and oxygen atoms in total. The number of nitrogen functional groups attached to an aromatic ring is 1. The van der Waals surface area contributed by atoms with Gasteiger partial charge in [0.2, 0.25) is 0 Å². The third-order valence-corrected chi connectivity index (χ3v) is 3.10. The van der Waals surface area contributed by atoms with Crippen LogP contribution in [-0.4, -0.2) is 37.4 Å². The predicted octanol–water partition coefficient (Wildman–Crippen LogP) is 1.47. The highest BCUT2D eigenvalue weighted by atomic mass is 79.9. The van der Waals surface area contributed by atoms with Crippen molar-refractivity contribution >= 4 is 27.5 Å². The van der Waals surface area contributed by atoms with Crippen molar-refractivity contribution in [3.63, 3.8) is 0 Å². The van der Waals surface area contributed by atoms with Crippen LogP contribution in [0.5, 0.6) is 0 Å². The fourth-order valence-electron chi connectivity index (χ4n) is 1.57. The van der Waals surface area contributed by atoms with E-state index in [1.54, 1.807) is 12.1 Å². The van der Waals surface area contributed by atoms with Crippen molar-refractivity contribution in [2.75, 3.05) is 32.1 Å². The van der Waals surface area contributed by atoms with E-state index in [0.717, 1.165) is 10.0 Å². The lowest BCUT2D eigenvalue weighted by molar-refractivity contribution is 0.0867. The molecule has 0 fully saturated rings. The molecule has 19 heavy (non-hydrogen) atoms. The molecule has 1 aromatic carbocycles. The van der Waals surface area contributed by atoms with Gasteiger partial charge in [0.15, 0.2) is 0 Å². The zero-order valence-corrected chi connectivity index (χ0v) is 12.5. The van der Waals surface area contributed by atoms with Crippen LogP contribution in [0.15, 0.2) is 16.6 Å². The molecule has 1 aromatic rings. The first-order valence-corrected chi connectivity index (χ1v) is 6.88. The molecule has 0 aliphatic rings. The van der Waals surface area contributed by atoms with E-state index in [9.17, 15) is 4.79 Å². The molecule has 0 saturated heterocycles. The summed E-state index contributed by atoms with van der Waals surface area (Å²) in [6.45, 7) is 3.20. The van der Waals surface area contributed by atoms with Gasteiger partial charge in [-0.1, -0.05) is 15.9 Å². The molecule has 0 aliphatic carbocycles. The predicted molar refractivity (Wildman–Crippen MR) is 78.1 cm³/mol. The van der Waals surface area contributed by atoms with Crippen LogP contribution in [-0.2, 0) is 4.74 Å². The van der Waals surface area contributed by atoms with Gasteiger partial charge in [0.05, 0.1) is 13.2 Å². The third kappa shape index (κ3) is 5.18. The lowest BCUT2D eigenvalue weighted by atomic mass is 10.1. The Morgan fingerprint density at radius 1 is 1.47 bits per heavy atom. The standard InChI is InChI=1S/C13H19BrN2O3/c1-9-11(7-10(14)8-12(9)15)13(18)16-3-2-5-19-6-4-17/h7-8,17H,2-6,15H2,1H3,(H,16,18). The van der Waals surface area contributed by atoms with Crippen LogP contribution in [0, 0.1) is 6.92 Å². The minimum atomic E-state index is -0.146. The summed E-state index contributed by atoms with van der Waals surface area (Å²) >= 11 is 3.32. The van der Waals surface area contributed by atoms with E-state index in [4.69, 9.17) is 15.6 Å². The minimum Gasteiger partial charge on any atom is -0.398 e. The van der Waals surface area contributed by atoms with Crippen molar-refractivity contribution in [2.24, 2.45) is 0 Å². The van der Waals surface area contributed by atoms with Gasteiger partial charge in [-0.05, 0) is 31.0 Å². The number of hydrogen-bond donors (Lipinski definition) is 3. The Bertz CT molecular complexity index is 438. The Morgan fingerprint density at radius 2 is 2.21 bits per heavy atom. The second-order valence-corrected chi connectivity index (χ2v) is 5.03. The lowest BCUT2D eigenvalue weighted by Gasteiger charge is -2.10. The van der Waals surface area contributed by atoms with Crippen LogP contribution in [0.2, 0.25) is 0 Å². The van der Waals surface area contributed by atoms with Gasteiger partial charge in [0, 0.05) is 28.9 Å². The maximum absolute atomic E-state index is 12.0. The lowest BCUT2D eigenvalue weighted by Crippen LogP contribution is -2.26. The first-order chi connectivity index (χ1) is 9.06. The highest BCUT2D eigenvalue weighted by molar-refractivity contribution is 9.10. The van der Waals surface area contributed by atoms with Crippen molar-refractivity contribution in [1.82, 2.24) is 5.32 Å². The Hall–Kier alpha value is -1.11. The van der Waals surface area contributed by atoms with Crippen LogP contribution >= 0.6 is 15.9 Å². The van der Waals surface area contributed by atoms with E-state index in [-0.39, 0.29) is 12.5 Å². The highest BCUT2D eigenvalue weighted by Crippen LogP contribution is 2.22. The number of anilines is 1. The number of carbonyl (C=O) groups is 1. The molecule has 0 spiro atoms. The zero-order valence-electron chi connectivity index (χ0n) is 10.9. The van der Waals surface area contributed by atoms with Gasteiger partial charge in [0.25, 0.3) is 5.91 Å². The molecular formula is C13H19BrN2O3. The molecule has 0 atom stereocenters. The molecule has 4 N–H and O–H groups in total. The van der Waals surface area contributed by atoms with E-state index in [2.05, 4.69) is 21.2 Å². The number of carbonyl (C=O) groups excluding carboxylic acids is 1. The van der Waals surface area contributed by atoms with E-state index < -0.39 is 0 Å². The van der Waals surface area contributed by atoms with Crippen LogP contribution in [0.3, 0.4) is 0 Å². The summed E-state index contributed by atoms with van der Waals surface area (Å²) in [6.07, 6.45) is 0.703. The number of rotatable bonds is 7. The molecule has 0 heterocycles. The number of nitrogens with one attached hydrogen (secondary N) is 1. The summed E-state index contributed by atoms with van der Waals surface area (Å²) in [5.41, 5.74) is 7.75. The van der Waals surface area contributed by atoms with Crippen molar-refractivity contribution in [1.29, 1.82) is 0 Å². The van der Waals surface area contributed by atoms with Crippen LogP contribution in [0.4, 0.5) is 5.69 Å². The number of nitrogens with two attached hydrogens (primary N) is 1. The average Bonchev–Trinajstić information content (AvgIpc) is 2.37. The van der Waals surface area contributed by atoms with Gasteiger partial charge >= 0.3 is 0 Å². The first-order valence-electron chi connectivity index (χ1n) is 6.08. The fraction of sp³-hybridized carbons (Fsp3) is 0.462. The summed E-state index contributed by atoms with van der Waals surface area (Å²) in [7, 11) is 0. The number of hydrogen-bond acceptors (Lipinski definition) is 4. The molecule has 0 bridgehead atoms. The topological polar surface area (TPSA) is 84.6 Å². The van der Waals surface area contributed by atoms with E-state index in [1.807, 2.05) is 6.92 Å². The van der Waals surface area contributed by atoms with Gasteiger partial charge in [-0.2, -0.15) is 0 Å². The maximum atomic E-state index is 12.0. The maximum Gasteiger partial charge on any atom is 0.251 e. The van der Waals surface area contributed by atoms with E-state index >= 15 is 0 Å². The normalized spacial score (nSPS) is 10.5. The molecule has 106 valence electrons. The Morgan fingerprint density at radius 3 is 2.89 bits per heavy atom. The molecule has 1 rings (SSSR count). The van der Waals surface area contributed by atoms with Gasteiger partial charge < -0.3 is 20.9 Å². The summed E-state index contributed by atoms with van der Waals surface area (Å²) in [5, 5.41) is 11.3. The van der Waals surface area contributed by atoms with Crippen molar-refractivity contribution < 1.29 is 14.6 Å². The number of ether oxygens (including phenoxy) is 1. The smallest absolute Gasteiger partial charge is 0.251 e. The average molecular weight is 331 g/mol. The molecule has 0 aliphatic heterocycles. The van der Waals surface area contributed by atoms with Gasteiger partial charge in [-0.25, -0.2) is 0 Å². The molecular weight excluding hydrogens is 312 g/mol. The molecule has 1 amide bonds. The summed E-state index contributed by atoms with van der Waals surface area (Å²) < 4.78 is 5.89. The Labute approximate surface area is 121 Å². The van der Waals surface area contributed by atoms with E-state index in [0.29, 0.717) is 37.4 Å². The summed E-state index contributed by atoms with van der Waals surface area (Å²) in [6, 6.07) is 3.53. The number of amides is 1. The van der Waals surface area contributed by atoms with Crippen LogP contribution in [0.25, 0.3) is 0 Å². The third-order valence-electron chi connectivity index (χ3n) is 2.64. The second kappa shape index (κ2) is 8.14. The molecule has 6 heteroatoms. The van der Waals surface area contributed by atoms with Crippen molar-refractivity contribution in [3.8, 4) is 0 Å². The highest BCUT2D eigenvalue weighted by Gasteiger charge is 2.11.